The van der Waals surface area contributed by atoms with E-state index in [4.69, 9.17) is 0 Å². The molecule has 0 saturated heterocycles. The third-order valence-electron chi connectivity index (χ3n) is 1.07. The summed E-state index contributed by atoms with van der Waals surface area (Å²) >= 11 is 0. The second-order valence-electron chi connectivity index (χ2n) is 2.07. The zero-order chi connectivity index (χ0) is 9.07. The van der Waals surface area contributed by atoms with E-state index in [1.165, 1.54) is 0 Å². The van der Waals surface area contributed by atoms with Gasteiger partial charge >= 0.3 is 6.18 Å². The van der Waals surface area contributed by atoms with E-state index in [0.29, 0.717) is 0 Å². The number of amides is 1. The number of hydrogen-bond donors (Lipinski definition) is 1. The van der Waals surface area contributed by atoms with Crippen LogP contribution >= 0.6 is 0 Å². The quantitative estimate of drug-likeness (QED) is 0.634. The Hall–Kier alpha value is -1.00. The summed E-state index contributed by atoms with van der Waals surface area (Å²) in [6, 6.07) is 0. The molecule has 0 saturated carbocycles. The van der Waals surface area contributed by atoms with Gasteiger partial charge in [0.2, 0.25) is 5.91 Å². The normalized spacial score (nSPS) is 11.2. The summed E-state index contributed by atoms with van der Waals surface area (Å²) in [6.45, 7) is 2.77. The minimum Gasteiger partial charge on any atom is -0.370 e. The van der Waals surface area contributed by atoms with Crippen LogP contribution < -0.4 is 5.73 Å². The maximum Gasteiger partial charge on any atom is 0.412 e. The number of carbonyl (C=O) groups is 1. The SMILES string of the molecule is C=C(CCC(N)=O)C(F)(F)F. The highest BCUT2D eigenvalue weighted by atomic mass is 19.4. The third-order valence-corrected chi connectivity index (χ3v) is 1.07. The van der Waals surface area contributed by atoms with Gasteiger partial charge in [0.15, 0.2) is 0 Å². The molecular weight excluding hydrogens is 159 g/mol. The number of primary amides is 1. The van der Waals surface area contributed by atoms with Crippen molar-refractivity contribution in [2.24, 2.45) is 5.73 Å². The molecule has 2 nitrogen and oxygen atoms in total. The molecular formula is C6H8F3NO. The van der Waals surface area contributed by atoms with Gasteiger partial charge < -0.3 is 5.73 Å². The molecule has 0 unspecified atom stereocenters. The molecule has 0 spiro atoms. The molecule has 2 N–H and O–H groups in total. The molecule has 0 fully saturated rings. The summed E-state index contributed by atoms with van der Waals surface area (Å²) in [5.74, 6) is -0.754. The van der Waals surface area contributed by atoms with E-state index in [2.05, 4.69) is 12.3 Å². The average Bonchev–Trinajstić information content (AvgIpc) is 1.80. The van der Waals surface area contributed by atoms with Crippen LogP contribution in [0.25, 0.3) is 0 Å². The fraction of sp³-hybridized carbons (Fsp3) is 0.500. The van der Waals surface area contributed by atoms with Crippen molar-refractivity contribution in [2.75, 3.05) is 0 Å². The number of alkyl halides is 3. The molecule has 64 valence electrons. The Morgan fingerprint density at radius 2 is 1.82 bits per heavy atom. The van der Waals surface area contributed by atoms with Crippen molar-refractivity contribution in [1.29, 1.82) is 0 Å². The molecule has 1 amide bonds. The van der Waals surface area contributed by atoms with Crippen LogP contribution in [0, 0.1) is 0 Å². The molecule has 0 radical (unpaired) electrons. The van der Waals surface area contributed by atoms with Crippen LogP contribution in [0.1, 0.15) is 12.8 Å². The van der Waals surface area contributed by atoms with Gasteiger partial charge in [0, 0.05) is 12.0 Å². The smallest absolute Gasteiger partial charge is 0.370 e. The molecule has 0 rings (SSSR count). The van der Waals surface area contributed by atoms with E-state index in [-0.39, 0.29) is 6.42 Å². The predicted molar refractivity (Wildman–Crippen MR) is 33.6 cm³/mol. The lowest BCUT2D eigenvalue weighted by molar-refractivity contribution is -0.118. The number of allylic oxidation sites excluding steroid dienone is 1. The van der Waals surface area contributed by atoms with E-state index >= 15 is 0 Å². The standard InChI is InChI=1S/C6H8F3NO/c1-4(6(7,8)9)2-3-5(10)11/h1-3H2,(H2,10,11). The number of hydrogen-bond acceptors (Lipinski definition) is 1. The van der Waals surface area contributed by atoms with Crippen molar-refractivity contribution in [3.05, 3.63) is 12.2 Å². The second kappa shape index (κ2) is 3.41. The molecule has 0 aromatic rings. The summed E-state index contributed by atoms with van der Waals surface area (Å²) in [4.78, 5) is 10.0. The first kappa shape index (κ1) is 10.0. The van der Waals surface area contributed by atoms with Gasteiger partial charge in [-0.05, 0) is 6.42 Å². The highest BCUT2D eigenvalue weighted by Gasteiger charge is 2.31. The van der Waals surface area contributed by atoms with Crippen molar-refractivity contribution in [3.8, 4) is 0 Å². The highest BCUT2D eigenvalue weighted by molar-refractivity contribution is 5.73. The Labute approximate surface area is 61.9 Å². The van der Waals surface area contributed by atoms with Gasteiger partial charge in [0.25, 0.3) is 0 Å². The molecule has 0 aliphatic heterocycles. The largest absolute Gasteiger partial charge is 0.412 e. The lowest BCUT2D eigenvalue weighted by atomic mass is 10.1. The summed E-state index contributed by atoms with van der Waals surface area (Å²) in [6.07, 6.45) is -5.13. The van der Waals surface area contributed by atoms with E-state index in [1.54, 1.807) is 0 Å². The van der Waals surface area contributed by atoms with E-state index in [0.717, 1.165) is 0 Å². The summed E-state index contributed by atoms with van der Waals surface area (Å²) in [5, 5.41) is 0. The zero-order valence-corrected chi connectivity index (χ0v) is 5.74. The summed E-state index contributed by atoms with van der Waals surface area (Å²) < 4.78 is 34.9. The fourth-order valence-corrected chi connectivity index (χ4v) is 0.416. The minimum atomic E-state index is -4.41. The number of carbonyl (C=O) groups excluding carboxylic acids is 1. The van der Waals surface area contributed by atoms with Crippen LogP contribution in [0.4, 0.5) is 13.2 Å². The first-order chi connectivity index (χ1) is 4.84. The monoisotopic (exact) mass is 167 g/mol. The van der Waals surface area contributed by atoms with Gasteiger partial charge in [-0.1, -0.05) is 6.58 Å². The van der Waals surface area contributed by atoms with Gasteiger partial charge in [-0.15, -0.1) is 0 Å². The summed E-state index contributed by atoms with van der Waals surface area (Å²) in [7, 11) is 0. The molecule has 0 aliphatic rings. The number of halogens is 3. The van der Waals surface area contributed by atoms with Crippen LogP contribution in [0.3, 0.4) is 0 Å². The first-order valence-corrected chi connectivity index (χ1v) is 2.87. The number of rotatable bonds is 3. The molecule has 5 heteroatoms. The Balaban J connectivity index is 3.80. The van der Waals surface area contributed by atoms with Crippen LogP contribution in [0.15, 0.2) is 12.2 Å². The molecule has 0 aromatic heterocycles. The Kier molecular flexibility index (Phi) is 3.10. The minimum absolute atomic E-state index is 0.307. The first-order valence-electron chi connectivity index (χ1n) is 2.87. The highest BCUT2D eigenvalue weighted by Crippen LogP contribution is 2.26. The lowest BCUT2D eigenvalue weighted by Gasteiger charge is -2.07. The van der Waals surface area contributed by atoms with Crippen LogP contribution in [0.2, 0.25) is 0 Å². The molecule has 11 heavy (non-hydrogen) atoms. The van der Waals surface area contributed by atoms with Crippen molar-refractivity contribution in [2.45, 2.75) is 19.0 Å². The van der Waals surface area contributed by atoms with Crippen LogP contribution in [0.5, 0.6) is 0 Å². The maximum atomic E-state index is 11.6. The lowest BCUT2D eigenvalue weighted by Crippen LogP contribution is -2.15. The van der Waals surface area contributed by atoms with Crippen molar-refractivity contribution < 1.29 is 18.0 Å². The van der Waals surface area contributed by atoms with E-state index in [1.807, 2.05) is 0 Å². The second-order valence-corrected chi connectivity index (χ2v) is 2.07. The zero-order valence-electron chi connectivity index (χ0n) is 5.74. The third kappa shape index (κ3) is 4.41. The van der Waals surface area contributed by atoms with Gasteiger partial charge in [0.1, 0.15) is 0 Å². The molecule has 0 aliphatic carbocycles. The molecule has 0 heterocycles. The van der Waals surface area contributed by atoms with Crippen molar-refractivity contribution in [1.82, 2.24) is 0 Å². The van der Waals surface area contributed by atoms with E-state index in [9.17, 15) is 18.0 Å². The Bertz CT molecular complexity index is 173. The van der Waals surface area contributed by atoms with Gasteiger partial charge in [0.05, 0.1) is 0 Å². The molecule has 0 aromatic carbocycles. The maximum absolute atomic E-state index is 11.6. The Morgan fingerprint density at radius 3 is 2.09 bits per heavy atom. The van der Waals surface area contributed by atoms with Crippen molar-refractivity contribution >= 4 is 5.91 Å². The van der Waals surface area contributed by atoms with Crippen LogP contribution in [-0.2, 0) is 4.79 Å². The fourth-order valence-electron chi connectivity index (χ4n) is 0.416. The van der Waals surface area contributed by atoms with Gasteiger partial charge in [-0.25, -0.2) is 0 Å². The van der Waals surface area contributed by atoms with E-state index < -0.39 is 24.1 Å². The topological polar surface area (TPSA) is 43.1 Å². The Morgan fingerprint density at radius 1 is 1.36 bits per heavy atom. The molecule has 0 atom stereocenters. The summed E-state index contributed by atoms with van der Waals surface area (Å²) in [5.41, 5.74) is 3.72. The average molecular weight is 167 g/mol. The van der Waals surface area contributed by atoms with Gasteiger partial charge in [-0.2, -0.15) is 13.2 Å². The molecule has 0 bridgehead atoms. The van der Waals surface area contributed by atoms with Crippen LogP contribution in [-0.4, -0.2) is 12.1 Å². The van der Waals surface area contributed by atoms with Gasteiger partial charge in [-0.3, -0.25) is 4.79 Å². The van der Waals surface area contributed by atoms with Crippen molar-refractivity contribution in [3.63, 3.8) is 0 Å². The predicted octanol–water partition coefficient (Wildman–Crippen LogP) is 1.37. The number of nitrogens with two attached hydrogens (primary N) is 1.